The van der Waals surface area contributed by atoms with Crippen LogP contribution in [0.5, 0.6) is 0 Å². The lowest BCUT2D eigenvalue weighted by molar-refractivity contribution is -0.144. The van der Waals surface area contributed by atoms with E-state index < -0.39 is 12.0 Å². The molecular formula is C22H26F3N5O. The summed E-state index contributed by atoms with van der Waals surface area (Å²) in [5.74, 6) is -1.50. The molecule has 1 N–H and O–H groups in total. The number of hydrogen-bond donors (Lipinski definition) is 1. The predicted molar refractivity (Wildman–Crippen MR) is 112 cm³/mol. The molecular weight excluding hydrogens is 407 g/mol. The summed E-state index contributed by atoms with van der Waals surface area (Å²) in [7, 11) is 0. The summed E-state index contributed by atoms with van der Waals surface area (Å²) >= 11 is 0. The molecule has 1 aromatic carbocycles. The summed E-state index contributed by atoms with van der Waals surface area (Å²) in [4.78, 5) is 20.0. The summed E-state index contributed by atoms with van der Waals surface area (Å²) in [6.45, 7) is 5.52. The number of alkyl halides is 3. The van der Waals surface area contributed by atoms with Gasteiger partial charge in [-0.1, -0.05) is 31.9 Å². The largest absolute Gasteiger partial charge is 0.453 e. The van der Waals surface area contributed by atoms with Gasteiger partial charge >= 0.3 is 6.18 Å². The van der Waals surface area contributed by atoms with E-state index in [1.54, 1.807) is 13.8 Å². The standard InChI is InChI=1S/C22H26F3N5O/c1-4-5-6-7-16-8-10-17(11-9-16)27-19(31)13-12-18-14(2)26-21-28-20(22(23,24)25)29-30(21)15(18)3/h8-11H,4-7,12-13H2,1-3H3,(H,27,31). The first-order valence-corrected chi connectivity index (χ1v) is 10.4. The van der Waals surface area contributed by atoms with Crippen molar-refractivity contribution in [2.24, 2.45) is 0 Å². The first-order valence-electron chi connectivity index (χ1n) is 10.4. The second-order valence-corrected chi connectivity index (χ2v) is 7.61. The number of fused-ring (bicyclic) bond motifs is 1. The monoisotopic (exact) mass is 433 g/mol. The number of halogens is 3. The van der Waals surface area contributed by atoms with E-state index in [-0.39, 0.29) is 18.1 Å². The van der Waals surface area contributed by atoms with Crippen LogP contribution in [-0.2, 0) is 23.8 Å². The van der Waals surface area contributed by atoms with Crippen LogP contribution in [0.3, 0.4) is 0 Å². The highest BCUT2D eigenvalue weighted by Gasteiger charge is 2.36. The molecule has 0 aliphatic heterocycles. The number of carbonyl (C=O) groups is 1. The van der Waals surface area contributed by atoms with Crippen molar-refractivity contribution in [1.82, 2.24) is 19.6 Å². The number of nitrogens with one attached hydrogen (secondary N) is 1. The molecule has 0 aliphatic rings. The zero-order valence-corrected chi connectivity index (χ0v) is 17.9. The number of hydrogen-bond acceptors (Lipinski definition) is 4. The van der Waals surface area contributed by atoms with E-state index in [4.69, 9.17) is 0 Å². The minimum absolute atomic E-state index is 0.102. The second-order valence-electron chi connectivity index (χ2n) is 7.61. The van der Waals surface area contributed by atoms with Crippen LogP contribution in [0, 0.1) is 13.8 Å². The fourth-order valence-corrected chi connectivity index (χ4v) is 3.49. The third-order valence-electron chi connectivity index (χ3n) is 5.21. The molecule has 3 rings (SSSR count). The van der Waals surface area contributed by atoms with E-state index in [1.165, 1.54) is 18.4 Å². The molecule has 1 amide bonds. The van der Waals surface area contributed by atoms with Crippen LogP contribution in [0.25, 0.3) is 5.78 Å². The Balaban J connectivity index is 1.64. The number of aromatic nitrogens is 4. The van der Waals surface area contributed by atoms with Crippen LogP contribution in [-0.4, -0.2) is 25.5 Å². The van der Waals surface area contributed by atoms with Gasteiger partial charge in [0.2, 0.25) is 5.91 Å². The zero-order chi connectivity index (χ0) is 22.6. The quantitative estimate of drug-likeness (QED) is 0.504. The van der Waals surface area contributed by atoms with Gasteiger partial charge < -0.3 is 5.32 Å². The van der Waals surface area contributed by atoms with Crippen LogP contribution in [0.2, 0.25) is 0 Å². The van der Waals surface area contributed by atoms with Gasteiger partial charge in [-0.3, -0.25) is 4.79 Å². The van der Waals surface area contributed by atoms with E-state index in [1.807, 2.05) is 24.3 Å². The zero-order valence-electron chi connectivity index (χ0n) is 17.9. The van der Waals surface area contributed by atoms with Crippen LogP contribution < -0.4 is 5.32 Å². The lowest BCUT2D eigenvalue weighted by atomic mass is 10.1. The number of aryl methyl sites for hydroxylation is 3. The van der Waals surface area contributed by atoms with Crippen molar-refractivity contribution in [3.63, 3.8) is 0 Å². The maximum Gasteiger partial charge on any atom is 0.453 e. The van der Waals surface area contributed by atoms with Crippen molar-refractivity contribution in [1.29, 1.82) is 0 Å². The van der Waals surface area contributed by atoms with Crippen LogP contribution >= 0.6 is 0 Å². The summed E-state index contributed by atoms with van der Waals surface area (Å²) < 4.78 is 39.8. The third kappa shape index (κ3) is 5.59. The number of benzene rings is 1. The molecule has 0 spiro atoms. The predicted octanol–water partition coefficient (Wildman–Crippen LogP) is 5.06. The number of carbonyl (C=O) groups excluding carboxylic acids is 1. The third-order valence-corrected chi connectivity index (χ3v) is 5.21. The molecule has 0 unspecified atom stereocenters. The first kappa shape index (κ1) is 22.7. The lowest BCUT2D eigenvalue weighted by Crippen LogP contribution is -2.14. The van der Waals surface area contributed by atoms with Crippen molar-refractivity contribution < 1.29 is 18.0 Å². The van der Waals surface area contributed by atoms with E-state index in [0.717, 1.165) is 23.0 Å². The molecule has 0 saturated carbocycles. The Morgan fingerprint density at radius 2 is 1.77 bits per heavy atom. The fraction of sp³-hybridized carbons (Fsp3) is 0.455. The average molecular weight is 433 g/mol. The maximum absolute atomic E-state index is 12.9. The molecule has 0 saturated heterocycles. The van der Waals surface area contributed by atoms with Crippen molar-refractivity contribution in [2.45, 2.75) is 65.5 Å². The van der Waals surface area contributed by atoms with Crippen molar-refractivity contribution in [3.8, 4) is 0 Å². The Bertz CT molecular complexity index is 1060. The van der Waals surface area contributed by atoms with Gasteiger partial charge in [-0.25, -0.2) is 9.50 Å². The van der Waals surface area contributed by atoms with Gasteiger partial charge in [0.05, 0.1) is 0 Å². The normalized spacial score (nSPS) is 11.8. The lowest BCUT2D eigenvalue weighted by Gasteiger charge is -2.11. The Morgan fingerprint density at radius 3 is 2.42 bits per heavy atom. The van der Waals surface area contributed by atoms with E-state index in [9.17, 15) is 18.0 Å². The molecule has 0 fully saturated rings. The van der Waals surface area contributed by atoms with Gasteiger partial charge in [0.1, 0.15) is 0 Å². The number of amides is 1. The van der Waals surface area contributed by atoms with Gasteiger partial charge in [0.25, 0.3) is 11.6 Å². The van der Waals surface area contributed by atoms with Gasteiger partial charge in [-0.05, 0) is 56.4 Å². The van der Waals surface area contributed by atoms with E-state index in [0.29, 0.717) is 23.4 Å². The molecule has 0 aliphatic carbocycles. The Morgan fingerprint density at radius 1 is 1.06 bits per heavy atom. The Labute approximate surface area is 178 Å². The summed E-state index contributed by atoms with van der Waals surface area (Å²) in [6.07, 6.45) is 0.417. The highest BCUT2D eigenvalue weighted by molar-refractivity contribution is 5.90. The summed E-state index contributed by atoms with van der Waals surface area (Å²) in [5.41, 5.74) is 3.68. The minimum Gasteiger partial charge on any atom is -0.326 e. The molecule has 3 aromatic rings. The van der Waals surface area contributed by atoms with Crippen LogP contribution in [0.1, 0.15) is 60.9 Å². The van der Waals surface area contributed by atoms with Crippen molar-refractivity contribution in [2.75, 3.05) is 5.32 Å². The van der Waals surface area contributed by atoms with Gasteiger partial charge in [0, 0.05) is 23.5 Å². The molecule has 6 nitrogen and oxygen atoms in total. The van der Waals surface area contributed by atoms with E-state index in [2.05, 4.69) is 27.3 Å². The smallest absolute Gasteiger partial charge is 0.326 e. The summed E-state index contributed by atoms with van der Waals surface area (Å²) in [5, 5.41) is 6.40. The number of nitrogens with zero attached hydrogens (tertiary/aromatic N) is 4. The fourth-order valence-electron chi connectivity index (χ4n) is 3.49. The Kier molecular flexibility index (Phi) is 6.92. The summed E-state index contributed by atoms with van der Waals surface area (Å²) in [6, 6.07) is 7.80. The van der Waals surface area contributed by atoms with Gasteiger partial charge in [-0.2, -0.15) is 18.2 Å². The number of anilines is 1. The second kappa shape index (κ2) is 9.45. The molecule has 2 aromatic heterocycles. The molecule has 0 radical (unpaired) electrons. The maximum atomic E-state index is 12.9. The minimum atomic E-state index is -4.64. The van der Waals surface area contributed by atoms with Gasteiger partial charge in [0.15, 0.2) is 0 Å². The highest BCUT2D eigenvalue weighted by atomic mass is 19.4. The highest BCUT2D eigenvalue weighted by Crippen LogP contribution is 2.27. The molecule has 0 atom stereocenters. The Hall–Kier alpha value is -2.97. The van der Waals surface area contributed by atoms with Crippen LogP contribution in [0.4, 0.5) is 18.9 Å². The molecule has 9 heteroatoms. The topological polar surface area (TPSA) is 72.2 Å². The van der Waals surface area contributed by atoms with Gasteiger partial charge in [-0.15, -0.1) is 5.10 Å². The molecule has 166 valence electrons. The first-order chi connectivity index (χ1) is 14.7. The number of rotatable bonds is 8. The number of unbranched alkanes of at least 4 members (excludes halogenated alkanes) is 2. The SMILES string of the molecule is CCCCCc1ccc(NC(=O)CCc2c(C)nc3nc(C(F)(F)F)nn3c2C)cc1. The molecule has 0 bridgehead atoms. The van der Waals surface area contributed by atoms with E-state index >= 15 is 0 Å². The molecule has 2 heterocycles. The van der Waals surface area contributed by atoms with Crippen molar-refractivity contribution >= 4 is 17.4 Å². The van der Waals surface area contributed by atoms with Crippen molar-refractivity contribution in [3.05, 3.63) is 52.6 Å². The molecule has 31 heavy (non-hydrogen) atoms. The average Bonchev–Trinajstić information content (AvgIpc) is 3.14. The van der Waals surface area contributed by atoms with Crippen LogP contribution in [0.15, 0.2) is 24.3 Å².